The standard InChI is InChI=1S/C23H32O6/c1-21(2,3)28-19(25)17-15(24)13-23(7,27)18(20(26)29-22(4,5)6)16(17)14-11-9-8-10-12-14/h8-12,16-18,27H,13H2,1-7H3/t16-,17+,18+,23-/m1/s1. The maximum atomic E-state index is 13.1. The summed E-state index contributed by atoms with van der Waals surface area (Å²) in [5.74, 6) is -4.97. The van der Waals surface area contributed by atoms with Gasteiger partial charge in [0.1, 0.15) is 17.1 Å². The number of rotatable bonds is 3. The van der Waals surface area contributed by atoms with E-state index in [1.807, 2.05) is 0 Å². The van der Waals surface area contributed by atoms with Crippen LogP contribution in [-0.4, -0.2) is 39.6 Å². The van der Waals surface area contributed by atoms with Crippen LogP contribution < -0.4 is 0 Å². The molecule has 1 aromatic carbocycles. The van der Waals surface area contributed by atoms with Crippen LogP contribution in [0.1, 0.15) is 66.4 Å². The molecular weight excluding hydrogens is 372 g/mol. The van der Waals surface area contributed by atoms with E-state index in [0.29, 0.717) is 5.56 Å². The van der Waals surface area contributed by atoms with Crippen LogP contribution in [-0.2, 0) is 23.9 Å². The summed E-state index contributed by atoms with van der Waals surface area (Å²) in [6, 6.07) is 8.82. The van der Waals surface area contributed by atoms with Crippen molar-refractivity contribution in [2.24, 2.45) is 11.8 Å². The van der Waals surface area contributed by atoms with Crippen LogP contribution >= 0.6 is 0 Å². The number of hydrogen-bond donors (Lipinski definition) is 1. The van der Waals surface area contributed by atoms with Crippen LogP contribution in [0.5, 0.6) is 0 Å². The lowest BCUT2D eigenvalue weighted by molar-refractivity contribution is -0.182. The van der Waals surface area contributed by atoms with Crippen molar-refractivity contribution in [1.82, 2.24) is 0 Å². The fourth-order valence-electron chi connectivity index (χ4n) is 3.82. The molecule has 0 unspecified atom stereocenters. The highest BCUT2D eigenvalue weighted by molar-refractivity contribution is 6.03. The molecule has 0 amide bonds. The molecule has 1 N–H and O–H groups in total. The van der Waals surface area contributed by atoms with Crippen LogP contribution in [0.3, 0.4) is 0 Å². The number of esters is 2. The lowest BCUT2D eigenvalue weighted by atomic mass is 9.61. The Morgan fingerprint density at radius 3 is 1.93 bits per heavy atom. The number of hydrogen-bond acceptors (Lipinski definition) is 6. The van der Waals surface area contributed by atoms with E-state index in [0.717, 1.165) is 0 Å². The number of carbonyl (C=O) groups is 3. The molecule has 4 atom stereocenters. The van der Waals surface area contributed by atoms with Gasteiger partial charge in [-0.05, 0) is 54.0 Å². The van der Waals surface area contributed by atoms with Crippen LogP contribution in [0.25, 0.3) is 0 Å². The predicted molar refractivity (Wildman–Crippen MR) is 108 cm³/mol. The Morgan fingerprint density at radius 2 is 1.45 bits per heavy atom. The molecule has 6 nitrogen and oxygen atoms in total. The minimum absolute atomic E-state index is 0.329. The molecule has 0 bridgehead atoms. The van der Waals surface area contributed by atoms with Crippen LogP contribution in [0.4, 0.5) is 0 Å². The molecule has 1 fully saturated rings. The van der Waals surface area contributed by atoms with Crippen molar-refractivity contribution in [2.45, 2.75) is 77.6 Å². The van der Waals surface area contributed by atoms with Gasteiger partial charge < -0.3 is 14.6 Å². The van der Waals surface area contributed by atoms with Crippen molar-refractivity contribution in [3.63, 3.8) is 0 Å². The van der Waals surface area contributed by atoms with E-state index in [9.17, 15) is 19.5 Å². The zero-order valence-electron chi connectivity index (χ0n) is 18.3. The summed E-state index contributed by atoms with van der Waals surface area (Å²) < 4.78 is 11.1. The van der Waals surface area contributed by atoms with Crippen molar-refractivity contribution < 1.29 is 29.0 Å². The fraction of sp³-hybridized carbons (Fsp3) is 0.609. The Labute approximate surface area is 172 Å². The van der Waals surface area contributed by atoms with Gasteiger partial charge >= 0.3 is 11.9 Å². The number of ketones is 1. The number of ether oxygens (including phenoxy) is 2. The van der Waals surface area contributed by atoms with E-state index in [1.165, 1.54) is 6.92 Å². The maximum absolute atomic E-state index is 13.1. The van der Waals surface area contributed by atoms with Crippen LogP contribution in [0.2, 0.25) is 0 Å². The molecule has 1 saturated carbocycles. The molecule has 1 aliphatic rings. The Kier molecular flexibility index (Phi) is 6.29. The molecular formula is C23H32O6. The summed E-state index contributed by atoms with van der Waals surface area (Å²) in [6.07, 6.45) is -0.329. The van der Waals surface area contributed by atoms with Crippen molar-refractivity contribution in [2.75, 3.05) is 0 Å². The summed E-state index contributed by atoms with van der Waals surface area (Å²) in [5.41, 5.74) is -2.62. The van der Waals surface area contributed by atoms with E-state index in [1.54, 1.807) is 71.9 Å². The number of carbonyl (C=O) groups excluding carboxylic acids is 3. The zero-order chi connectivity index (χ0) is 22.2. The fourth-order valence-corrected chi connectivity index (χ4v) is 3.82. The van der Waals surface area contributed by atoms with E-state index < -0.39 is 52.3 Å². The second-order valence-electron chi connectivity index (χ2n) is 9.96. The minimum atomic E-state index is -1.65. The number of benzene rings is 1. The monoisotopic (exact) mass is 404 g/mol. The minimum Gasteiger partial charge on any atom is -0.460 e. The van der Waals surface area contributed by atoms with Gasteiger partial charge in [0.05, 0.1) is 11.5 Å². The second-order valence-corrected chi connectivity index (χ2v) is 9.96. The molecule has 0 spiro atoms. The first kappa shape index (κ1) is 23.1. The third-order valence-electron chi connectivity index (χ3n) is 4.77. The molecule has 6 heteroatoms. The summed E-state index contributed by atoms with van der Waals surface area (Å²) in [6.45, 7) is 11.8. The number of Topliss-reactive ketones (excluding diaryl/α,β-unsaturated/α-hetero) is 1. The van der Waals surface area contributed by atoms with E-state index in [-0.39, 0.29) is 6.42 Å². The first-order valence-electron chi connectivity index (χ1n) is 9.88. The number of aliphatic hydroxyl groups is 1. The summed E-state index contributed by atoms with van der Waals surface area (Å²) in [7, 11) is 0. The molecule has 0 saturated heterocycles. The smallest absolute Gasteiger partial charge is 0.317 e. The SMILES string of the molecule is CC(C)(C)OC(=O)[C@H]1C(=O)C[C@@](C)(O)[C@H](C(=O)OC(C)(C)C)[C@@H]1c1ccccc1. The molecule has 0 radical (unpaired) electrons. The van der Waals surface area contributed by atoms with Gasteiger partial charge in [0.2, 0.25) is 0 Å². The molecule has 0 aliphatic heterocycles. The van der Waals surface area contributed by atoms with Gasteiger partial charge in [0.25, 0.3) is 0 Å². The Balaban J connectivity index is 2.59. The molecule has 0 heterocycles. The zero-order valence-corrected chi connectivity index (χ0v) is 18.3. The van der Waals surface area contributed by atoms with E-state index in [4.69, 9.17) is 9.47 Å². The molecule has 29 heavy (non-hydrogen) atoms. The first-order valence-corrected chi connectivity index (χ1v) is 9.88. The third-order valence-corrected chi connectivity index (χ3v) is 4.77. The Hall–Kier alpha value is -2.21. The van der Waals surface area contributed by atoms with Crippen LogP contribution in [0, 0.1) is 11.8 Å². The Morgan fingerprint density at radius 1 is 0.966 bits per heavy atom. The topological polar surface area (TPSA) is 89.9 Å². The molecule has 1 aromatic rings. The van der Waals surface area contributed by atoms with Gasteiger partial charge in [-0.1, -0.05) is 30.3 Å². The molecule has 160 valence electrons. The van der Waals surface area contributed by atoms with Gasteiger partial charge in [-0.15, -0.1) is 0 Å². The van der Waals surface area contributed by atoms with Gasteiger partial charge in [0, 0.05) is 12.3 Å². The van der Waals surface area contributed by atoms with Crippen molar-refractivity contribution in [3.05, 3.63) is 35.9 Å². The predicted octanol–water partition coefficient (Wildman–Crippen LogP) is 3.41. The van der Waals surface area contributed by atoms with E-state index >= 15 is 0 Å². The lowest BCUT2D eigenvalue weighted by Crippen LogP contribution is -2.56. The molecule has 1 aliphatic carbocycles. The van der Waals surface area contributed by atoms with Crippen molar-refractivity contribution >= 4 is 17.7 Å². The van der Waals surface area contributed by atoms with Crippen molar-refractivity contribution in [1.29, 1.82) is 0 Å². The van der Waals surface area contributed by atoms with Gasteiger partial charge in [0.15, 0.2) is 5.78 Å². The summed E-state index contributed by atoms with van der Waals surface area (Å²) in [5, 5.41) is 11.1. The van der Waals surface area contributed by atoms with Crippen molar-refractivity contribution in [3.8, 4) is 0 Å². The Bertz CT molecular complexity index is 767. The quantitative estimate of drug-likeness (QED) is 0.613. The average molecular weight is 405 g/mol. The van der Waals surface area contributed by atoms with E-state index in [2.05, 4.69) is 0 Å². The largest absolute Gasteiger partial charge is 0.460 e. The highest BCUT2D eigenvalue weighted by Crippen LogP contribution is 2.47. The summed E-state index contributed by atoms with van der Waals surface area (Å²) >= 11 is 0. The molecule has 2 rings (SSSR count). The first-order chi connectivity index (χ1) is 13.1. The molecule has 0 aromatic heterocycles. The highest BCUT2D eigenvalue weighted by Gasteiger charge is 2.57. The normalized spacial score (nSPS) is 28.0. The lowest BCUT2D eigenvalue weighted by Gasteiger charge is -2.44. The highest BCUT2D eigenvalue weighted by atomic mass is 16.6. The maximum Gasteiger partial charge on any atom is 0.317 e. The summed E-state index contributed by atoms with van der Waals surface area (Å²) in [4.78, 5) is 39.1. The van der Waals surface area contributed by atoms with Crippen LogP contribution in [0.15, 0.2) is 30.3 Å². The van der Waals surface area contributed by atoms with Gasteiger partial charge in [-0.2, -0.15) is 0 Å². The average Bonchev–Trinajstić information content (AvgIpc) is 2.50. The van der Waals surface area contributed by atoms with Gasteiger partial charge in [-0.3, -0.25) is 14.4 Å². The second kappa shape index (κ2) is 7.90. The van der Waals surface area contributed by atoms with Gasteiger partial charge in [-0.25, -0.2) is 0 Å². The third kappa shape index (κ3) is 5.66.